The van der Waals surface area contributed by atoms with E-state index in [1.807, 2.05) is 4.90 Å². The lowest BCUT2D eigenvalue weighted by molar-refractivity contribution is -0.157. The maximum Gasteiger partial charge on any atom is 0.224 e. The molecule has 0 aliphatic carbocycles. The van der Waals surface area contributed by atoms with Gasteiger partial charge in [0, 0.05) is 77.9 Å². The number of ether oxygens (including phenoxy) is 1. The molecule has 0 bridgehead atoms. The van der Waals surface area contributed by atoms with Crippen LogP contribution in [-0.2, 0) is 14.3 Å². The van der Waals surface area contributed by atoms with E-state index >= 15 is 0 Å². The quantitative estimate of drug-likeness (QED) is 0.652. The minimum Gasteiger partial charge on any atom is -0.392 e. The molecule has 4 aliphatic rings. The third-order valence-electron chi connectivity index (χ3n) is 6.69. The number of aliphatic hydroxyl groups excluding tert-OH is 1. The molecule has 1 spiro atoms. The summed E-state index contributed by atoms with van der Waals surface area (Å²) < 4.78 is 5.49. The largest absolute Gasteiger partial charge is 0.392 e. The third kappa shape index (κ3) is 3.85. The molecule has 4 heterocycles. The van der Waals surface area contributed by atoms with Gasteiger partial charge in [-0.05, 0) is 19.3 Å². The summed E-state index contributed by atoms with van der Waals surface area (Å²) in [5.74, 6) is 0.00258. The number of carbonyl (C=O) groups is 2. The highest BCUT2D eigenvalue weighted by Gasteiger charge is 2.57. The summed E-state index contributed by atoms with van der Waals surface area (Å²) in [5.41, 5.74) is -0.0254. The average Bonchev–Trinajstić information content (AvgIpc) is 2.99. The van der Waals surface area contributed by atoms with E-state index < -0.39 is 0 Å². The minimum atomic E-state index is -0.293. The number of rotatable bonds is 4. The molecule has 0 aromatic carbocycles. The number of fused-ring (bicyclic) bond motifs is 2. The van der Waals surface area contributed by atoms with Crippen molar-refractivity contribution < 1.29 is 19.4 Å². The predicted molar refractivity (Wildman–Crippen MR) is 99.1 cm³/mol. The van der Waals surface area contributed by atoms with E-state index in [1.165, 1.54) is 6.92 Å². The summed E-state index contributed by atoms with van der Waals surface area (Å²) in [5, 5.41) is 12.9. The number of aliphatic hydroxyl groups is 1. The van der Waals surface area contributed by atoms with Crippen LogP contribution in [0.15, 0.2) is 0 Å². The molecule has 4 rings (SSSR count). The maximum absolute atomic E-state index is 12.7. The fraction of sp³-hybridized carbons (Fsp3) is 0.895. The number of carbonyl (C=O) groups excluding carboxylic acids is 2. The minimum absolute atomic E-state index is 0.0254. The first-order chi connectivity index (χ1) is 13.0. The fourth-order valence-electron chi connectivity index (χ4n) is 5.40. The van der Waals surface area contributed by atoms with E-state index in [4.69, 9.17) is 4.74 Å². The second kappa shape index (κ2) is 7.66. The number of nitrogens with zero attached hydrogens (tertiary/aromatic N) is 3. The Morgan fingerprint density at radius 3 is 2.59 bits per heavy atom. The van der Waals surface area contributed by atoms with Crippen LogP contribution in [0.3, 0.4) is 0 Å². The molecule has 0 aromatic heterocycles. The van der Waals surface area contributed by atoms with Gasteiger partial charge in [-0.25, -0.2) is 0 Å². The Morgan fingerprint density at radius 2 is 1.89 bits per heavy atom. The van der Waals surface area contributed by atoms with E-state index in [0.717, 1.165) is 58.7 Å². The summed E-state index contributed by atoms with van der Waals surface area (Å²) in [4.78, 5) is 30.8. The number of likely N-dealkylation sites (tertiary alicyclic amines) is 1. The summed E-state index contributed by atoms with van der Waals surface area (Å²) in [6.45, 7) is 7.62. The molecule has 8 heteroatoms. The number of β-amino-alcohol motifs (C(OH)–C–C–N with tert-alkyl or cyclic N) is 1. The van der Waals surface area contributed by atoms with Crippen LogP contribution in [0.25, 0.3) is 0 Å². The van der Waals surface area contributed by atoms with Gasteiger partial charge in [-0.1, -0.05) is 0 Å². The molecule has 2 unspecified atom stereocenters. The fourth-order valence-corrected chi connectivity index (χ4v) is 5.40. The molecule has 4 aliphatic heterocycles. The second-order valence-electron chi connectivity index (χ2n) is 8.68. The lowest BCUT2D eigenvalue weighted by Crippen LogP contribution is -2.79. The molecule has 27 heavy (non-hydrogen) atoms. The zero-order valence-electron chi connectivity index (χ0n) is 16.2. The van der Waals surface area contributed by atoms with Crippen LogP contribution in [0.5, 0.6) is 0 Å². The van der Waals surface area contributed by atoms with E-state index in [-0.39, 0.29) is 29.5 Å². The van der Waals surface area contributed by atoms with Gasteiger partial charge in [0.25, 0.3) is 0 Å². The standard InChI is InChI=1S/C19H32N4O4/c1-14(24)20-5-2-18(26)21-9-16-8-17(25)10-23(16)19(11-21)12-22(13-19)15-3-6-27-7-4-15/h15-17,25H,2-13H2,1H3,(H,20,24). The lowest BCUT2D eigenvalue weighted by Gasteiger charge is -2.62. The highest BCUT2D eigenvalue weighted by Crippen LogP contribution is 2.40. The van der Waals surface area contributed by atoms with Gasteiger partial charge in [0.1, 0.15) is 0 Å². The summed E-state index contributed by atoms with van der Waals surface area (Å²) in [6, 6.07) is 0.830. The maximum atomic E-state index is 12.7. The smallest absolute Gasteiger partial charge is 0.224 e. The van der Waals surface area contributed by atoms with Crippen LogP contribution in [0, 0.1) is 0 Å². The first-order valence-electron chi connectivity index (χ1n) is 10.3. The van der Waals surface area contributed by atoms with Gasteiger partial charge in [-0.2, -0.15) is 0 Å². The van der Waals surface area contributed by atoms with Crippen LogP contribution in [0.4, 0.5) is 0 Å². The molecule has 152 valence electrons. The van der Waals surface area contributed by atoms with Gasteiger partial charge in [0.2, 0.25) is 11.8 Å². The second-order valence-corrected chi connectivity index (χ2v) is 8.68. The molecule has 2 amide bonds. The summed E-state index contributed by atoms with van der Waals surface area (Å²) >= 11 is 0. The Hall–Kier alpha value is -1.22. The van der Waals surface area contributed by atoms with Gasteiger partial charge in [-0.3, -0.25) is 19.4 Å². The Balaban J connectivity index is 1.40. The van der Waals surface area contributed by atoms with Crippen molar-refractivity contribution in [3.05, 3.63) is 0 Å². The monoisotopic (exact) mass is 380 g/mol. The Bertz CT molecular complexity index is 574. The van der Waals surface area contributed by atoms with Crippen molar-refractivity contribution in [3.63, 3.8) is 0 Å². The number of hydrogen-bond acceptors (Lipinski definition) is 6. The topological polar surface area (TPSA) is 85.3 Å². The Kier molecular flexibility index (Phi) is 5.42. The van der Waals surface area contributed by atoms with Crippen LogP contribution in [0.2, 0.25) is 0 Å². The SMILES string of the molecule is CC(=O)NCCC(=O)N1CC2CC(O)CN2C2(C1)CN(C1CCOCC1)C2. The summed E-state index contributed by atoms with van der Waals surface area (Å²) in [6.07, 6.45) is 2.96. The van der Waals surface area contributed by atoms with Gasteiger partial charge >= 0.3 is 0 Å². The van der Waals surface area contributed by atoms with E-state index in [2.05, 4.69) is 15.1 Å². The number of piperazine rings is 1. The third-order valence-corrected chi connectivity index (χ3v) is 6.69. The number of amides is 2. The van der Waals surface area contributed by atoms with Crippen molar-refractivity contribution >= 4 is 11.8 Å². The first kappa shape index (κ1) is 19.1. The van der Waals surface area contributed by atoms with E-state index in [1.54, 1.807) is 0 Å². The normalized spacial score (nSPS) is 31.6. The number of hydrogen-bond donors (Lipinski definition) is 2. The van der Waals surface area contributed by atoms with Crippen LogP contribution >= 0.6 is 0 Å². The summed E-state index contributed by atoms with van der Waals surface area (Å²) in [7, 11) is 0. The molecule has 2 atom stereocenters. The van der Waals surface area contributed by atoms with Gasteiger partial charge in [-0.15, -0.1) is 0 Å². The molecule has 0 aromatic rings. The highest BCUT2D eigenvalue weighted by molar-refractivity contribution is 5.78. The first-order valence-corrected chi connectivity index (χ1v) is 10.3. The van der Waals surface area contributed by atoms with Gasteiger partial charge < -0.3 is 20.1 Å². The molecule has 0 radical (unpaired) electrons. The Morgan fingerprint density at radius 1 is 1.15 bits per heavy atom. The lowest BCUT2D eigenvalue weighted by atomic mass is 9.81. The van der Waals surface area contributed by atoms with Crippen molar-refractivity contribution in [2.45, 2.75) is 56.3 Å². The highest BCUT2D eigenvalue weighted by atomic mass is 16.5. The molecule has 2 N–H and O–H groups in total. The molecule has 4 fully saturated rings. The van der Waals surface area contributed by atoms with Crippen molar-refractivity contribution in [1.29, 1.82) is 0 Å². The van der Waals surface area contributed by atoms with E-state index in [9.17, 15) is 14.7 Å². The molecular formula is C19H32N4O4. The molecule has 4 saturated heterocycles. The van der Waals surface area contributed by atoms with Crippen LogP contribution in [-0.4, -0.2) is 108 Å². The average molecular weight is 380 g/mol. The molecule has 0 saturated carbocycles. The van der Waals surface area contributed by atoms with Crippen molar-refractivity contribution in [2.24, 2.45) is 0 Å². The molecular weight excluding hydrogens is 348 g/mol. The van der Waals surface area contributed by atoms with Crippen LogP contribution in [0.1, 0.15) is 32.6 Å². The van der Waals surface area contributed by atoms with E-state index in [0.29, 0.717) is 25.6 Å². The van der Waals surface area contributed by atoms with Crippen molar-refractivity contribution in [2.75, 3.05) is 52.5 Å². The zero-order valence-corrected chi connectivity index (χ0v) is 16.2. The molecule has 8 nitrogen and oxygen atoms in total. The van der Waals surface area contributed by atoms with Crippen molar-refractivity contribution in [1.82, 2.24) is 20.0 Å². The van der Waals surface area contributed by atoms with Crippen LogP contribution < -0.4 is 5.32 Å². The van der Waals surface area contributed by atoms with Gasteiger partial charge in [0.05, 0.1) is 11.6 Å². The number of nitrogens with one attached hydrogen (secondary N) is 1. The van der Waals surface area contributed by atoms with Gasteiger partial charge in [0.15, 0.2) is 0 Å². The zero-order chi connectivity index (χ0) is 19.0. The predicted octanol–water partition coefficient (Wildman–Crippen LogP) is -0.977. The Labute approximate surface area is 160 Å². The van der Waals surface area contributed by atoms with Crippen molar-refractivity contribution in [3.8, 4) is 0 Å².